The van der Waals surface area contributed by atoms with Gasteiger partial charge in [-0.1, -0.05) is 17.3 Å². The van der Waals surface area contributed by atoms with Gasteiger partial charge in [0.2, 0.25) is 5.91 Å². The minimum absolute atomic E-state index is 0.0339. The van der Waals surface area contributed by atoms with Gasteiger partial charge in [-0.25, -0.2) is 0 Å². The fraction of sp³-hybridized carbons (Fsp3) is 0.412. The molecule has 1 aromatic carbocycles. The van der Waals surface area contributed by atoms with Crippen LogP contribution in [0.4, 0.5) is 5.69 Å². The van der Waals surface area contributed by atoms with Crippen LogP contribution in [0.1, 0.15) is 41.0 Å². The summed E-state index contributed by atoms with van der Waals surface area (Å²) in [5, 5.41) is 3.94. The Morgan fingerprint density at radius 2 is 2.12 bits per heavy atom. The Morgan fingerprint density at radius 1 is 1.28 bits per heavy atom. The highest BCUT2D eigenvalue weighted by atomic mass is 16.5. The summed E-state index contributed by atoms with van der Waals surface area (Å²) in [6.45, 7) is 0.765. The zero-order valence-corrected chi connectivity index (χ0v) is 13.8. The highest BCUT2D eigenvalue weighted by Gasteiger charge is 2.31. The van der Waals surface area contributed by atoms with Crippen molar-refractivity contribution in [1.29, 1.82) is 0 Å². The van der Waals surface area contributed by atoms with Crippen molar-refractivity contribution in [2.75, 3.05) is 25.1 Å². The third kappa shape index (κ3) is 2.89. The summed E-state index contributed by atoms with van der Waals surface area (Å²) in [6, 6.07) is 7.06. The van der Waals surface area contributed by atoms with Gasteiger partial charge in [-0.2, -0.15) is 4.98 Å². The Bertz CT molecular complexity index is 812. The molecule has 25 heavy (non-hydrogen) atoms. The van der Waals surface area contributed by atoms with Crippen LogP contribution >= 0.6 is 0 Å². The largest absolute Gasteiger partial charge is 0.368 e. The summed E-state index contributed by atoms with van der Waals surface area (Å²) < 4.78 is 10.8. The summed E-state index contributed by atoms with van der Waals surface area (Å²) in [4.78, 5) is 32.5. The van der Waals surface area contributed by atoms with E-state index in [0.29, 0.717) is 29.6 Å². The van der Waals surface area contributed by atoms with Crippen molar-refractivity contribution in [1.82, 2.24) is 15.0 Å². The molecule has 0 saturated carbocycles. The van der Waals surface area contributed by atoms with Gasteiger partial charge < -0.3 is 19.1 Å². The molecule has 2 aliphatic rings. The zero-order valence-electron chi connectivity index (χ0n) is 13.8. The second-order valence-corrected chi connectivity index (χ2v) is 6.18. The van der Waals surface area contributed by atoms with E-state index in [2.05, 4.69) is 10.1 Å². The van der Waals surface area contributed by atoms with Gasteiger partial charge >= 0.3 is 0 Å². The predicted molar refractivity (Wildman–Crippen MR) is 86.8 cm³/mol. The van der Waals surface area contributed by atoms with Crippen molar-refractivity contribution in [2.24, 2.45) is 0 Å². The molecule has 1 atom stereocenters. The third-order valence-electron chi connectivity index (χ3n) is 4.50. The molecule has 3 heterocycles. The number of nitrogens with zero attached hydrogens (tertiary/aromatic N) is 4. The summed E-state index contributed by atoms with van der Waals surface area (Å²) in [5.74, 6) is 0.408. The molecule has 2 aromatic rings. The normalized spacial score (nSPS) is 20.8. The van der Waals surface area contributed by atoms with Crippen LogP contribution in [0.2, 0.25) is 0 Å². The molecular formula is C17H18N4O4. The van der Waals surface area contributed by atoms with Crippen LogP contribution < -0.4 is 4.90 Å². The van der Waals surface area contributed by atoms with Gasteiger partial charge in [0.05, 0.1) is 17.8 Å². The first kappa shape index (κ1) is 15.8. The molecule has 0 unspecified atom stereocenters. The van der Waals surface area contributed by atoms with E-state index in [-0.39, 0.29) is 31.0 Å². The van der Waals surface area contributed by atoms with Crippen molar-refractivity contribution < 1.29 is 18.8 Å². The van der Waals surface area contributed by atoms with Crippen molar-refractivity contribution >= 4 is 17.5 Å². The molecule has 8 nitrogen and oxygen atoms in total. The second kappa shape index (κ2) is 6.29. The number of likely N-dealkylation sites (N-methyl/N-ethyl adjacent to an activating group) is 1. The second-order valence-electron chi connectivity index (χ2n) is 6.18. The Morgan fingerprint density at radius 3 is 2.92 bits per heavy atom. The fourth-order valence-corrected chi connectivity index (χ4v) is 3.13. The van der Waals surface area contributed by atoms with Gasteiger partial charge in [0.15, 0.2) is 5.82 Å². The van der Waals surface area contributed by atoms with Gasteiger partial charge in [0, 0.05) is 13.7 Å². The maximum absolute atomic E-state index is 12.8. The molecule has 2 amide bonds. The van der Waals surface area contributed by atoms with E-state index in [1.165, 1.54) is 9.80 Å². The monoisotopic (exact) mass is 342 g/mol. The topological polar surface area (TPSA) is 88.8 Å². The summed E-state index contributed by atoms with van der Waals surface area (Å²) >= 11 is 0. The van der Waals surface area contributed by atoms with Crippen LogP contribution in [-0.4, -0.2) is 47.1 Å². The predicted octanol–water partition coefficient (Wildman–Crippen LogP) is 1.54. The third-order valence-corrected chi connectivity index (χ3v) is 4.50. The minimum atomic E-state index is -0.225. The summed E-state index contributed by atoms with van der Waals surface area (Å²) in [7, 11) is 1.67. The molecule has 2 aliphatic heterocycles. The number of carbonyl (C=O) groups is 2. The van der Waals surface area contributed by atoms with E-state index in [9.17, 15) is 9.59 Å². The van der Waals surface area contributed by atoms with Gasteiger partial charge in [-0.3, -0.25) is 9.59 Å². The van der Waals surface area contributed by atoms with Crippen LogP contribution in [0.25, 0.3) is 0 Å². The first-order valence-electron chi connectivity index (χ1n) is 8.22. The molecule has 1 fully saturated rings. The van der Waals surface area contributed by atoms with E-state index in [0.717, 1.165) is 12.8 Å². The number of fused-ring (bicyclic) bond motifs is 1. The van der Waals surface area contributed by atoms with Gasteiger partial charge in [0.25, 0.3) is 11.8 Å². The fourth-order valence-electron chi connectivity index (χ4n) is 3.13. The number of amides is 2. The molecule has 130 valence electrons. The highest BCUT2D eigenvalue weighted by Crippen LogP contribution is 2.28. The van der Waals surface area contributed by atoms with E-state index >= 15 is 0 Å². The minimum Gasteiger partial charge on any atom is -0.368 e. The lowest BCUT2D eigenvalue weighted by molar-refractivity contribution is -0.119. The number of anilines is 1. The molecule has 0 spiro atoms. The number of benzene rings is 1. The number of aromatic nitrogens is 2. The number of ether oxygens (including phenoxy) is 1. The lowest BCUT2D eigenvalue weighted by Crippen LogP contribution is -2.37. The Hall–Kier alpha value is -2.74. The number of hydrogen-bond acceptors (Lipinski definition) is 6. The molecule has 0 radical (unpaired) electrons. The zero-order chi connectivity index (χ0) is 17.4. The smallest absolute Gasteiger partial charge is 0.256 e. The molecule has 1 aromatic heterocycles. The standard InChI is InChI=1S/C17H18N4O4/c1-20-12-6-3-2-5-11(12)17(23)21(10-15(20)22)9-14-18-16(25-19-14)13-7-4-8-24-13/h2-3,5-6,13H,4,7-10H2,1H3/t13-/m1/s1. The van der Waals surface area contributed by atoms with Crippen LogP contribution in [0.5, 0.6) is 0 Å². The lowest BCUT2D eigenvalue weighted by atomic mass is 10.1. The summed E-state index contributed by atoms with van der Waals surface area (Å²) in [6.07, 6.45) is 1.64. The first-order valence-corrected chi connectivity index (χ1v) is 8.22. The number of para-hydroxylation sites is 1. The van der Waals surface area contributed by atoms with Gasteiger partial charge in [-0.15, -0.1) is 0 Å². The lowest BCUT2D eigenvalue weighted by Gasteiger charge is -2.18. The molecule has 0 bridgehead atoms. The average molecular weight is 342 g/mol. The molecule has 8 heteroatoms. The van der Waals surface area contributed by atoms with Crippen LogP contribution in [0.15, 0.2) is 28.8 Å². The van der Waals surface area contributed by atoms with Gasteiger partial charge in [0.1, 0.15) is 12.6 Å². The Kier molecular flexibility index (Phi) is 3.96. The average Bonchev–Trinajstić information content (AvgIpc) is 3.29. The van der Waals surface area contributed by atoms with Crippen molar-refractivity contribution in [3.63, 3.8) is 0 Å². The molecule has 0 aliphatic carbocycles. The van der Waals surface area contributed by atoms with E-state index in [4.69, 9.17) is 9.26 Å². The van der Waals surface area contributed by atoms with Crippen molar-refractivity contribution in [3.8, 4) is 0 Å². The SMILES string of the molecule is CN1C(=O)CN(Cc2noc([C@H]3CCCO3)n2)C(=O)c2ccccc21. The number of hydrogen-bond donors (Lipinski definition) is 0. The van der Waals surface area contributed by atoms with Crippen molar-refractivity contribution in [3.05, 3.63) is 41.5 Å². The highest BCUT2D eigenvalue weighted by molar-refractivity contribution is 6.09. The Balaban J connectivity index is 1.58. The molecular weight excluding hydrogens is 324 g/mol. The van der Waals surface area contributed by atoms with Crippen LogP contribution in [0, 0.1) is 0 Å². The van der Waals surface area contributed by atoms with Crippen LogP contribution in [0.3, 0.4) is 0 Å². The maximum atomic E-state index is 12.8. The van der Waals surface area contributed by atoms with Crippen molar-refractivity contribution in [2.45, 2.75) is 25.5 Å². The summed E-state index contributed by atoms with van der Waals surface area (Å²) in [5.41, 5.74) is 1.09. The number of rotatable bonds is 3. The molecule has 1 saturated heterocycles. The first-order chi connectivity index (χ1) is 12.1. The van der Waals surface area contributed by atoms with Crippen LogP contribution in [-0.2, 0) is 16.1 Å². The quantitative estimate of drug-likeness (QED) is 0.841. The Labute approximate surface area is 144 Å². The van der Waals surface area contributed by atoms with E-state index in [1.807, 2.05) is 0 Å². The molecule has 4 rings (SSSR count). The maximum Gasteiger partial charge on any atom is 0.256 e. The van der Waals surface area contributed by atoms with Gasteiger partial charge in [-0.05, 0) is 25.0 Å². The molecule has 0 N–H and O–H groups in total. The van der Waals surface area contributed by atoms with E-state index < -0.39 is 0 Å². The number of carbonyl (C=O) groups excluding carboxylic acids is 2. The van der Waals surface area contributed by atoms with E-state index in [1.54, 1.807) is 31.3 Å².